The summed E-state index contributed by atoms with van der Waals surface area (Å²) < 4.78 is 40.8. The zero-order chi connectivity index (χ0) is 11.5. The Balaban J connectivity index is 2.30. The normalized spacial score (nSPS) is 23.9. The molecule has 1 aliphatic heterocycles. The van der Waals surface area contributed by atoms with Crippen molar-refractivity contribution in [3.8, 4) is 0 Å². The van der Waals surface area contributed by atoms with Gasteiger partial charge in [-0.3, -0.25) is 4.79 Å². The lowest BCUT2D eigenvalue weighted by molar-refractivity contribution is -0.154. The Labute approximate surface area is 86.0 Å². The molecule has 6 heteroatoms. The van der Waals surface area contributed by atoms with Crippen LogP contribution in [0.4, 0.5) is 13.2 Å². The number of amides is 1. The Kier molecular flexibility index (Phi) is 3.96. The Morgan fingerprint density at radius 2 is 2.27 bits per heavy atom. The standard InChI is InChI=1S/C9H14F3NO2/c1-6(7-3-2-4-15-7)13-8(14)5-9(10,11)12/h6-7H,2-5H2,1H3,(H,13,14). The average molecular weight is 225 g/mol. The molecule has 0 aromatic rings. The van der Waals surface area contributed by atoms with E-state index in [2.05, 4.69) is 5.32 Å². The molecular formula is C9H14F3NO2. The number of carbonyl (C=O) groups excluding carboxylic acids is 1. The van der Waals surface area contributed by atoms with Crippen LogP contribution in [0.5, 0.6) is 0 Å². The number of alkyl halides is 3. The van der Waals surface area contributed by atoms with Gasteiger partial charge in [0.2, 0.25) is 5.91 Å². The molecule has 1 fully saturated rings. The minimum absolute atomic E-state index is 0.151. The van der Waals surface area contributed by atoms with Gasteiger partial charge in [0.15, 0.2) is 0 Å². The third-order valence-electron chi connectivity index (χ3n) is 2.27. The van der Waals surface area contributed by atoms with E-state index in [4.69, 9.17) is 4.74 Å². The van der Waals surface area contributed by atoms with Crippen molar-refractivity contribution in [3.05, 3.63) is 0 Å². The average Bonchev–Trinajstić information content (AvgIpc) is 2.50. The lowest BCUT2D eigenvalue weighted by Gasteiger charge is -2.20. The molecule has 1 N–H and O–H groups in total. The molecule has 88 valence electrons. The van der Waals surface area contributed by atoms with Crippen LogP contribution < -0.4 is 5.32 Å². The van der Waals surface area contributed by atoms with Crippen LogP contribution in [0.3, 0.4) is 0 Å². The zero-order valence-electron chi connectivity index (χ0n) is 8.43. The molecule has 1 heterocycles. The summed E-state index contributed by atoms with van der Waals surface area (Å²) in [5.74, 6) is -0.995. The molecule has 0 saturated carbocycles. The van der Waals surface area contributed by atoms with Crippen LogP contribution in [0.2, 0.25) is 0 Å². The summed E-state index contributed by atoms with van der Waals surface area (Å²) in [6.45, 7) is 2.27. The second-order valence-electron chi connectivity index (χ2n) is 3.70. The maximum atomic E-state index is 11.8. The first kappa shape index (κ1) is 12.3. The fraction of sp³-hybridized carbons (Fsp3) is 0.889. The van der Waals surface area contributed by atoms with Crippen molar-refractivity contribution >= 4 is 5.91 Å². The SMILES string of the molecule is CC(NC(=O)CC(F)(F)F)C1CCCO1. The first-order valence-electron chi connectivity index (χ1n) is 4.86. The second kappa shape index (κ2) is 4.83. The van der Waals surface area contributed by atoms with E-state index >= 15 is 0 Å². The van der Waals surface area contributed by atoms with E-state index in [9.17, 15) is 18.0 Å². The Morgan fingerprint density at radius 3 is 2.73 bits per heavy atom. The van der Waals surface area contributed by atoms with Crippen molar-refractivity contribution in [1.29, 1.82) is 0 Å². The minimum atomic E-state index is -4.44. The summed E-state index contributed by atoms with van der Waals surface area (Å²) in [4.78, 5) is 10.9. The van der Waals surface area contributed by atoms with E-state index < -0.39 is 18.5 Å². The topological polar surface area (TPSA) is 38.3 Å². The fourth-order valence-corrected chi connectivity index (χ4v) is 1.58. The number of rotatable bonds is 3. The zero-order valence-corrected chi connectivity index (χ0v) is 8.43. The first-order valence-corrected chi connectivity index (χ1v) is 4.86. The van der Waals surface area contributed by atoms with Gasteiger partial charge in [0.1, 0.15) is 6.42 Å². The van der Waals surface area contributed by atoms with E-state index in [-0.39, 0.29) is 12.1 Å². The quantitative estimate of drug-likeness (QED) is 0.792. The number of carbonyl (C=O) groups is 1. The van der Waals surface area contributed by atoms with Gasteiger partial charge < -0.3 is 10.1 Å². The van der Waals surface area contributed by atoms with Crippen molar-refractivity contribution in [2.75, 3.05) is 6.61 Å². The molecule has 0 aliphatic carbocycles. The molecule has 15 heavy (non-hydrogen) atoms. The number of nitrogens with one attached hydrogen (secondary N) is 1. The summed E-state index contributed by atoms with van der Waals surface area (Å²) in [7, 11) is 0. The smallest absolute Gasteiger partial charge is 0.376 e. The molecule has 0 radical (unpaired) electrons. The highest BCUT2D eigenvalue weighted by atomic mass is 19.4. The largest absolute Gasteiger partial charge is 0.397 e. The molecule has 1 rings (SSSR count). The van der Waals surface area contributed by atoms with Crippen LogP contribution in [0, 0.1) is 0 Å². The third-order valence-corrected chi connectivity index (χ3v) is 2.27. The second-order valence-corrected chi connectivity index (χ2v) is 3.70. The molecule has 1 amide bonds. The van der Waals surface area contributed by atoms with E-state index in [0.29, 0.717) is 6.61 Å². The summed E-state index contributed by atoms with van der Waals surface area (Å²) in [5.41, 5.74) is 0. The van der Waals surface area contributed by atoms with Gasteiger partial charge in [-0.1, -0.05) is 0 Å². The number of hydrogen-bond acceptors (Lipinski definition) is 2. The molecule has 2 unspecified atom stereocenters. The highest BCUT2D eigenvalue weighted by Gasteiger charge is 2.32. The Morgan fingerprint density at radius 1 is 1.60 bits per heavy atom. The third kappa shape index (κ3) is 4.51. The lowest BCUT2D eigenvalue weighted by atomic mass is 10.1. The highest BCUT2D eigenvalue weighted by molar-refractivity contribution is 5.76. The monoisotopic (exact) mass is 225 g/mol. The minimum Gasteiger partial charge on any atom is -0.376 e. The number of halogens is 3. The van der Waals surface area contributed by atoms with Gasteiger partial charge in [-0.15, -0.1) is 0 Å². The van der Waals surface area contributed by atoms with Gasteiger partial charge in [-0.2, -0.15) is 13.2 Å². The van der Waals surface area contributed by atoms with E-state index in [0.717, 1.165) is 12.8 Å². The van der Waals surface area contributed by atoms with E-state index in [1.165, 1.54) is 0 Å². The summed E-state index contributed by atoms with van der Waals surface area (Å²) in [6, 6.07) is -0.359. The molecule has 0 aromatic heterocycles. The van der Waals surface area contributed by atoms with E-state index in [1.54, 1.807) is 6.92 Å². The first-order chi connectivity index (χ1) is 6.88. The predicted molar refractivity (Wildman–Crippen MR) is 47.3 cm³/mol. The maximum absolute atomic E-state index is 11.8. The lowest BCUT2D eigenvalue weighted by Crippen LogP contribution is -2.42. The summed E-state index contributed by atoms with van der Waals surface area (Å²) >= 11 is 0. The van der Waals surface area contributed by atoms with Gasteiger partial charge >= 0.3 is 6.18 Å². The van der Waals surface area contributed by atoms with Gasteiger partial charge in [0.25, 0.3) is 0 Å². The summed E-state index contributed by atoms with van der Waals surface area (Å²) in [5, 5.41) is 2.29. The predicted octanol–water partition coefficient (Wildman–Crippen LogP) is 1.62. The Bertz CT molecular complexity index is 224. The molecule has 0 bridgehead atoms. The summed E-state index contributed by atoms with van der Waals surface area (Å²) in [6.07, 6.45) is -4.34. The van der Waals surface area contributed by atoms with E-state index in [1.807, 2.05) is 0 Å². The van der Waals surface area contributed by atoms with Crippen LogP contribution in [0.1, 0.15) is 26.2 Å². The molecule has 0 aromatic carbocycles. The molecular weight excluding hydrogens is 211 g/mol. The van der Waals surface area contributed by atoms with Gasteiger partial charge in [-0.05, 0) is 19.8 Å². The van der Waals surface area contributed by atoms with Crippen molar-refractivity contribution in [2.45, 2.75) is 44.5 Å². The Hall–Kier alpha value is -0.780. The molecule has 0 spiro atoms. The van der Waals surface area contributed by atoms with Gasteiger partial charge in [-0.25, -0.2) is 0 Å². The fourth-order valence-electron chi connectivity index (χ4n) is 1.58. The van der Waals surface area contributed by atoms with Crippen LogP contribution in [-0.2, 0) is 9.53 Å². The van der Waals surface area contributed by atoms with Crippen molar-refractivity contribution < 1.29 is 22.7 Å². The van der Waals surface area contributed by atoms with Crippen LogP contribution >= 0.6 is 0 Å². The van der Waals surface area contributed by atoms with Crippen LogP contribution in [0.15, 0.2) is 0 Å². The number of ether oxygens (including phenoxy) is 1. The molecule has 2 atom stereocenters. The highest BCUT2D eigenvalue weighted by Crippen LogP contribution is 2.20. The molecule has 3 nitrogen and oxygen atoms in total. The maximum Gasteiger partial charge on any atom is 0.397 e. The van der Waals surface area contributed by atoms with Crippen molar-refractivity contribution in [2.24, 2.45) is 0 Å². The van der Waals surface area contributed by atoms with Crippen LogP contribution in [0.25, 0.3) is 0 Å². The number of hydrogen-bond donors (Lipinski definition) is 1. The van der Waals surface area contributed by atoms with Crippen LogP contribution in [-0.4, -0.2) is 30.8 Å². The molecule has 1 saturated heterocycles. The molecule has 1 aliphatic rings. The van der Waals surface area contributed by atoms with Crippen molar-refractivity contribution in [3.63, 3.8) is 0 Å². The van der Waals surface area contributed by atoms with Crippen molar-refractivity contribution in [1.82, 2.24) is 5.32 Å². The van der Waals surface area contributed by atoms with Gasteiger partial charge in [0.05, 0.1) is 12.1 Å². The van der Waals surface area contributed by atoms with Gasteiger partial charge in [0, 0.05) is 6.61 Å².